The molecule has 0 fully saturated rings. The zero-order valence-electron chi connectivity index (χ0n) is 15.2. The van der Waals surface area contributed by atoms with E-state index in [4.69, 9.17) is 9.15 Å². The van der Waals surface area contributed by atoms with Crippen molar-refractivity contribution in [3.8, 4) is 11.6 Å². The third-order valence-electron chi connectivity index (χ3n) is 3.91. The summed E-state index contributed by atoms with van der Waals surface area (Å²) in [5.74, 6) is 2.28. The van der Waals surface area contributed by atoms with Crippen LogP contribution in [0.3, 0.4) is 0 Å². The molecular formula is C21H22N2O3. The van der Waals surface area contributed by atoms with Gasteiger partial charge in [-0.1, -0.05) is 26.0 Å². The minimum atomic E-state index is 0.193. The molecule has 0 saturated carbocycles. The SMILES string of the molecule is CCc1nc2ccc(Oc3ccc(/C=C/[C@H](C)CC(C)=O)cn3)cc2o1. The first kappa shape index (κ1) is 17.9. The lowest BCUT2D eigenvalue weighted by Crippen LogP contribution is -1.97. The number of fused-ring (bicyclic) bond motifs is 1. The number of nitrogens with zero attached hydrogens (tertiary/aromatic N) is 2. The van der Waals surface area contributed by atoms with Gasteiger partial charge in [0.05, 0.1) is 0 Å². The fourth-order valence-electron chi connectivity index (χ4n) is 2.64. The Morgan fingerprint density at radius 3 is 2.85 bits per heavy atom. The van der Waals surface area contributed by atoms with Gasteiger partial charge in [-0.25, -0.2) is 9.97 Å². The highest BCUT2D eigenvalue weighted by Gasteiger charge is 2.07. The number of rotatable bonds is 7. The van der Waals surface area contributed by atoms with Gasteiger partial charge in [-0.2, -0.15) is 0 Å². The fourth-order valence-corrected chi connectivity index (χ4v) is 2.64. The highest BCUT2D eigenvalue weighted by molar-refractivity contribution is 5.76. The summed E-state index contributed by atoms with van der Waals surface area (Å²) in [7, 11) is 0. The lowest BCUT2D eigenvalue weighted by atomic mass is 10.0. The van der Waals surface area contributed by atoms with Gasteiger partial charge in [0, 0.05) is 31.2 Å². The Balaban J connectivity index is 1.67. The molecule has 0 saturated heterocycles. The molecule has 1 atom stereocenters. The predicted molar refractivity (Wildman–Crippen MR) is 101 cm³/mol. The van der Waals surface area contributed by atoms with E-state index >= 15 is 0 Å². The van der Waals surface area contributed by atoms with Crippen LogP contribution >= 0.6 is 0 Å². The topological polar surface area (TPSA) is 65.2 Å². The molecule has 0 N–H and O–H groups in total. The molecule has 26 heavy (non-hydrogen) atoms. The van der Waals surface area contributed by atoms with Crippen molar-refractivity contribution in [2.45, 2.75) is 33.6 Å². The first-order chi connectivity index (χ1) is 12.5. The van der Waals surface area contributed by atoms with Crippen molar-refractivity contribution in [2.75, 3.05) is 0 Å². The molecule has 0 amide bonds. The first-order valence-electron chi connectivity index (χ1n) is 8.74. The summed E-state index contributed by atoms with van der Waals surface area (Å²) < 4.78 is 11.4. The Morgan fingerprint density at radius 1 is 1.31 bits per heavy atom. The number of oxazole rings is 1. The molecule has 0 aliphatic rings. The first-order valence-corrected chi connectivity index (χ1v) is 8.74. The van der Waals surface area contributed by atoms with Crippen molar-refractivity contribution >= 4 is 23.0 Å². The second-order valence-electron chi connectivity index (χ2n) is 6.37. The van der Waals surface area contributed by atoms with Crippen molar-refractivity contribution in [3.05, 3.63) is 54.1 Å². The number of pyridine rings is 1. The quantitative estimate of drug-likeness (QED) is 0.585. The number of hydrogen-bond acceptors (Lipinski definition) is 5. The monoisotopic (exact) mass is 350 g/mol. The van der Waals surface area contributed by atoms with Gasteiger partial charge in [-0.05, 0) is 36.6 Å². The highest BCUT2D eigenvalue weighted by Crippen LogP contribution is 2.25. The van der Waals surface area contributed by atoms with Crippen LogP contribution in [-0.2, 0) is 11.2 Å². The standard InChI is InChI=1S/C21H22N2O3/c1-4-20-23-18-9-8-17(12-19(18)26-20)25-21-10-7-16(13-22-21)6-5-14(2)11-15(3)24/h5-10,12-14H,4,11H2,1-3H3/b6-5+/t14-/m0/s1. The maximum atomic E-state index is 11.1. The molecule has 0 radical (unpaired) electrons. The molecule has 3 rings (SSSR count). The number of aromatic nitrogens is 2. The van der Waals surface area contributed by atoms with Gasteiger partial charge in [0.25, 0.3) is 0 Å². The predicted octanol–water partition coefficient (Wildman–Crippen LogP) is 5.21. The Bertz CT molecular complexity index is 926. The van der Waals surface area contributed by atoms with E-state index < -0.39 is 0 Å². The summed E-state index contributed by atoms with van der Waals surface area (Å²) in [6, 6.07) is 9.29. The Labute approximate surface area is 152 Å². The minimum Gasteiger partial charge on any atom is -0.441 e. The summed E-state index contributed by atoms with van der Waals surface area (Å²) in [5, 5.41) is 0. The zero-order chi connectivity index (χ0) is 18.5. The molecule has 0 aliphatic carbocycles. The lowest BCUT2D eigenvalue weighted by Gasteiger charge is -2.05. The Hall–Kier alpha value is -2.95. The van der Waals surface area contributed by atoms with Crippen LogP contribution in [0.1, 0.15) is 38.6 Å². The summed E-state index contributed by atoms with van der Waals surface area (Å²) in [6.07, 6.45) is 7.04. The normalized spacial score (nSPS) is 12.6. The van der Waals surface area contributed by atoms with Crippen molar-refractivity contribution in [1.29, 1.82) is 0 Å². The van der Waals surface area contributed by atoms with E-state index in [2.05, 4.69) is 9.97 Å². The Morgan fingerprint density at radius 2 is 2.15 bits per heavy atom. The smallest absolute Gasteiger partial charge is 0.219 e. The average Bonchev–Trinajstić information content (AvgIpc) is 3.03. The van der Waals surface area contributed by atoms with Crippen molar-refractivity contribution in [2.24, 2.45) is 5.92 Å². The molecular weight excluding hydrogens is 328 g/mol. The van der Waals surface area contributed by atoms with E-state index in [0.29, 0.717) is 29.5 Å². The average molecular weight is 350 g/mol. The van der Waals surface area contributed by atoms with Gasteiger partial charge in [0.2, 0.25) is 5.88 Å². The minimum absolute atomic E-state index is 0.193. The van der Waals surface area contributed by atoms with Gasteiger partial charge in [-0.3, -0.25) is 0 Å². The van der Waals surface area contributed by atoms with Crippen molar-refractivity contribution < 1.29 is 13.9 Å². The number of allylic oxidation sites excluding steroid dienone is 1. The van der Waals surface area contributed by atoms with Gasteiger partial charge in [-0.15, -0.1) is 0 Å². The largest absolute Gasteiger partial charge is 0.441 e. The molecule has 2 aromatic heterocycles. The molecule has 134 valence electrons. The van der Waals surface area contributed by atoms with Crippen molar-refractivity contribution in [3.63, 3.8) is 0 Å². The molecule has 0 bridgehead atoms. The second-order valence-corrected chi connectivity index (χ2v) is 6.37. The molecule has 2 heterocycles. The lowest BCUT2D eigenvalue weighted by molar-refractivity contribution is -0.117. The number of ether oxygens (including phenoxy) is 1. The molecule has 0 spiro atoms. The van der Waals surface area contributed by atoms with Gasteiger partial charge >= 0.3 is 0 Å². The number of Topliss-reactive ketones (excluding diaryl/α,β-unsaturated/α-hetero) is 1. The molecule has 5 heteroatoms. The number of hydrogen-bond donors (Lipinski definition) is 0. The van der Waals surface area contributed by atoms with Crippen molar-refractivity contribution in [1.82, 2.24) is 9.97 Å². The number of ketones is 1. The van der Waals surface area contributed by atoms with E-state index in [1.807, 2.05) is 56.3 Å². The van der Waals surface area contributed by atoms with E-state index in [0.717, 1.165) is 17.5 Å². The molecule has 1 aromatic carbocycles. The van der Waals surface area contributed by atoms with Crippen LogP contribution < -0.4 is 4.74 Å². The van der Waals surface area contributed by atoms with E-state index in [1.54, 1.807) is 13.1 Å². The summed E-state index contributed by atoms with van der Waals surface area (Å²) in [6.45, 7) is 5.63. The van der Waals surface area contributed by atoms with Gasteiger partial charge < -0.3 is 13.9 Å². The fraction of sp³-hybridized carbons (Fsp3) is 0.286. The molecule has 5 nitrogen and oxygen atoms in total. The molecule has 0 aliphatic heterocycles. The number of carbonyl (C=O) groups excluding carboxylic acids is 1. The van der Waals surface area contributed by atoms with Gasteiger partial charge in [0.1, 0.15) is 17.0 Å². The molecule has 0 unspecified atom stereocenters. The van der Waals surface area contributed by atoms with Gasteiger partial charge in [0.15, 0.2) is 11.5 Å². The Kier molecular flexibility index (Phi) is 5.46. The van der Waals surface area contributed by atoms with Crippen LogP contribution in [0, 0.1) is 5.92 Å². The van der Waals surface area contributed by atoms with E-state index in [9.17, 15) is 4.79 Å². The number of carbonyl (C=O) groups is 1. The van der Waals surface area contributed by atoms with Crippen LogP contribution in [0.25, 0.3) is 17.2 Å². The summed E-state index contributed by atoms with van der Waals surface area (Å²) in [5.41, 5.74) is 2.49. The van der Waals surface area contributed by atoms with Crippen LogP contribution in [0.5, 0.6) is 11.6 Å². The second kappa shape index (κ2) is 7.95. The summed E-state index contributed by atoms with van der Waals surface area (Å²) in [4.78, 5) is 19.8. The summed E-state index contributed by atoms with van der Waals surface area (Å²) >= 11 is 0. The molecule has 3 aromatic rings. The van der Waals surface area contributed by atoms with Crippen LogP contribution in [-0.4, -0.2) is 15.8 Å². The van der Waals surface area contributed by atoms with Crippen LogP contribution in [0.2, 0.25) is 0 Å². The van der Waals surface area contributed by atoms with Crippen LogP contribution in [0.4, 0.5) is 0 Å². The number of benzene rings is 1. The van der Waals surface area contributed by atoms with E-state index in [1.165, 1.54) is 0 Å². The zero-order valence-corrected chi connectivity index (χ0v) is 15.2. The maximum Gasteiger partial charge on any atom is 0.219 e. The third-order valence-corrected chi connectivity index (χ3v) is 3.91. The van der Waals surface area contributed by atoms with Crippen LogP contribution in [0.15, 0.2) is 47.0 Å². The highest BCUT2D eigenvalue weighted by atomic mass is 16.5. The maximum absolute atomic E-state index is 11.1. The van der Waals surface area contributed by atoms with E-state index in [-0.39, 0.29) is 11.7 Å². The third kappa shape index (κ3) is 4.57. The number of aryl methyl sites for hydroxylation is 1.